The molecule has 0 radical (unpaired) electrons. The van der Waals surface area contributed by atoms with Gasteiger partial charge >= 0.3 is 0 Å². The highest BCUT2D eigenvalue weighted by Gasteiger charge is 2.13. The fourth-order valence-electron chi connectivity index (χ4n) is 1.78. The molecule has 1 aliphatic heterocycles. The van der Waals surface area contributed by atoms with E-state index < -0.39 is 0 Å². The minimum Gasteiger partial charge on any atom is -0.381 e. The zero-order chi connectivity index (χ0) is 10.1. The van der Waals surface area contributed by atoms with Crippen LogP contribution in [0.4, 0.5) is 0 Å². The zero-order valence-electron chi connectivity index (χ0n) is 9.13. The normalized spacial score (nSPS) is 21.3. The molecule has 1 N–H and O–H groups in total. The van der Waals surface area contributed by atoms with Crippen LogP contribution in [0, 0.1) is 5.92 Å². The highest BCUT2D eigenvalue weighted by molar-refractivity contribution is 4.70. The van der Waals surface area contributed by atoms with Gasteiger partial charge in [0.1, 0.15) is 0 Å². The highest BCUT2D eigenvalue weighted by Crippen LogP contribution is 2.08. The SMILES string of the molecule is C=CCCCCCOCC1CCNC1. The van der Waals surface area contributed by atoms with E-state index in [2.05, 4.69) is 11.9 Å². The van der Waals surface area contributed by atoms with Gasteiger partial charge in [0, 0.05) is 13.2 Å². The first-order valence-corrected chi connectivity index (χ1v) is 5.83. The summed E-state index contributed by atoms with van der Waals surface area (Å²) in [5, 5.41) is 3.35. The van der Waals surface area contributed by atoms with Gasteiger partial charge in [0.05, 0.1) is 6.61 Å². The van der Waals surface area contributed by atoms with Crippen LogP contribution >= 0.6 is 0 Å². The second-order valence-corrected chi connectivity index (χ2v) is 4.07. The molecule has 0 aliphatic carbocycles. The maximum atomic E-state index is 5.63. The maximum Gasteiger partial charge on any atom is 0.0506 e. The van der Waals surface area contributed by atoms with E-state index in [1.54, 1.807) is 0 Å². The summed E-state index contributed by atoms with van der Waals surface area (Å²) < 4.78 is 5.63. The first kappa shape index (κ1) is 11.7. The van der Waals surface area contributed by atoms with Gasteiger partial charge < -0.3 is 10.1 Å². The third-order valence-electron chi connectivity index (χ3n) is 2.71. The predicted molar refractivity (Wildman–Crippen MR) is 60.5 cm³/mol. The number of rotatable bonds is 8. The molecule has 82 valence electrons. The van der Waals surface area contributed by atoms with Crippen molar-refractivity contribution in [2.75, 3.05) is 26.3 Å². The lowest BCUT2D eigenvalue weighted by molar-refractivity contribution is 0.102. The van der Waals surface area contributed by atoms with E-state index in [-0.39, 0.29) is 0 Å². The van der Waals surface area contributed by atoms with Gasteiger partial charge in [-0.2, -0.15) is 0 Å². The summed E-state index contributed by atoms with van der Waals surface area (Å²) in [6.07, 6.45) is 8.16. The molecule has 1 heterocycles. The molecule has 1 saturated heterocycles. The zero-order valence-corrected chi connectivity index (χ0v) is 9.13. The number of unbranched alkanes of at least 4 members (excludes halogenated alkanes) is 3. The van der Waals surface area contributed by atoms with E-state index in [1.165, 1.54) is 32.2 Å². The molecule has 0 saturated carbocycles. The number of nitrogens with one attached hydrogen (secondary N) is 1. The van der Waals surface area contributed by atoms with Gasteiger partial charge in [-0.1, -0.05) is 12.5 Å². The Bertz CT molecular complexity index is 141. The third kappa shape index (κ3) is 5.40. The van der Waals surface area contributed by atoms with Crippen molar-refractivity contribution in [1.29, 1.82) is 0 Å². The van der Waals surface area contributed by atoms with E-state index in [0.29, 0.717) is 0 Å². The van der Waals surface area contributed by atoms with Crippen molar-refractivity contribution >= 4 is 0 Å². The van der Waals surface area contributed by atoms with Crippen LogP contribution in [-0.2, 0) is 4.74 Å². The van der Waals surface area contributed by atoms with Crippen molar-refractivity contribution < 1.29 is 4.74 Å². The van der Waals surface area contributed by atoms with Gasteiger partial charge in [-0.25, -0.2) is 0 Å². The van der Waals surface area contributed by atoms with Crippen LogP contribution in [0.25, 0.3) is 0 Å². The summed E-state index contributed by atoms with van der Waals surface area (Å²) in [5.41, 5.74) is 0. The molecule has 1 rings (SSSR count). The van der Waals surface area contributed by atoms with E-state index in [0.717, 1.165) is 32.1 Å². The topological polar surface area (TPSA) is 21.3 Å². The predicted octanol–water partition coefficient (Wildman–Crippen LogP) is 2.36. The van der Waals surface area contributed by atoms with Crippen LogP contribution < -0.4 is 5.32 Å². The Labute approximate surface area is 87.7 Å². The lowest BCUT2D eigenvalue weighted by Gasteiger charge is -2.08. The molecule has 0 aromatic rings. The largest absolute Gasteiger partial charge is 0.381 e. The lowest BCUT2D eigenvalue weighted by Crippen LogP contribution is -2.14. The Kier molecular flexibility index (Phi) is 6.71. The Hall–Kier alpha value is -0.340. The highest BCUT2D eigenvalue weighted by atomic mass is 16.5. The van der Waals surface area contributed by atoms with Crippen molar-refractivity contribution in [1.82, 2.24) is 5.32 Å². The van der Waals surface area contributed by atoms with Crippen LogP contribution in [0.15, 0.2) is 12.7 Å². The number of allylic oxidation sites excluding steroid dienone is 1. The first-order chi connectivity index (χ1) is 6.93. The average molecular weight is 197 g/mol. The molecular formula is C12H23NO. The molecule has 0 amide bonds. The minimum absolute atomic E-state index is 0.767. The molecule has 1 unspecified atom stereocenters. The monoisotopic (exact) mass is 197 g/mol. The van der Waals surface area contributed by atoms with Crippen LogP contribution in [0.3, 0.4) is 0 Å². The van der Waals surface area contributed by atoms with E-state index in [9.17, 15) is 0 Å². The van der Waals surface area contributed by atoms with Crippen molar-refractivity contribution in [2.45, 2.75) is 32.1 Å². The van der Waals surface area contributed by atoms with E-state index >= 15 is 0 Å². The van der Waals surface area contributed by atoms with Crippen LogP contribution in [0.5, 0.6) is 0 Å². The van der Waals surface area contributed by atoms with Crippen LogP contribution in [0.2, 0.25) is 0 Å². The molecule has 0 aromatic carbocycles. The Morgan fingerprint density at radius 1 is 1.36 bits per heavy atom. The molecule has 1 aliphatic rings. The quantitative estimate of drug-likeness (QED) is 0.476. The summed E-state index contributed by atoms with van der Waals surface area (Å²) in [7, 11) is 0. The second-order valence-electron chi connectivity index (χ2n) is 4.07. The smallest absolute Gasteiger partial charge is 0.0506 e. The molecule has 14 heavy (non-hydrogen) atoms. The first-order valence-electron chi connectivity index (χ1n) is 5.83. The molecule has 2 heteroatoms. The molecule has 0 spiro atoms. The molecule has 1 atom stereocenters. The van der Waals surface area contributed by atoms with Crippen LogP contribution in [-0.4, -0.2) is 26.3 Å². The van der Waals surface area contributed by atoms with Crippen LogP contribution in [0.1, 0.15) is 32.1 Å². The van der Waals surface area contributed by atoms with E-state index in [4.69, 9.17) is 4.74 Å². The van der Waals surface area contributed by atoms with Gasteiger partial charge in [-0.3, -0.25) is 0 Å². The summed E-state index contributed by atoms with van der Waals surface area (Å²) in [5.74, 6) is 0.767. The fraction of sp³-hybridized carbons (Fsp3) is 0.833. The summed E-state index contributed by atoms with van der Waals surface area (Å²) >= 11 is 0. The number of hydrogen-bond acceptors (Lipinski definition) is 2. The summed E-state index contributed by atoms with van der Waals surface area (Å²) in [4.78, 5) is 0. The Morgan fingerprint density at radius 2 is 2.29 bits per heavy atom. The van der Waals surface area contributed by atoms with Crippen molar-refractivity contribution in [3.05, 3.63) is 12.7 Å². The molecule has 0 bridgehead atoms. The summed E-state index contributed by atoms with van der Waals surface area (Å²) in [6.45, 7) is 7.92. The minimum atomic E-state index is 0.767. The van der Waals surface area contributed by atoms with Gasteiger partial charge in [0.25, 0.3) is 0 Å². The second kappa shape index (κ2) is 8.01. The van der Waals surface area contributed by atoms with Crippen molar-refractivity contribution in [3.63, 3.8) is 0 Å². The average Bonchev–Trinajstić information content (AvgIpc) is 2.69. The van der Waals surface area contributed by atoms with Gasteiger partial charge in [-0.05, 0) is 38.1 Å². The van der Waals surface area contributed by atoms with Gasteiger partial charge in [0.15, 0.2) is 0 Å². The number of ether oxygens (including phenoxy) is 1. The van der Waals surface area contributed by atoms with E-state index in [1.807, 2.05) is 6.08 Å². The molecule has 0 aromatic heterocycles. The number of hydrogen-bond donors (Lipinski definition) is 1. The molecule has 1 fully saturated rings. The summed E-state index contributed by atoms with van der Waals surface area (Å²) in [6, 6.07) is 0. The molecule has 2 nitrogen and oxygen atoms in total. The lowest BCUT2D eigenvalue weighted by atomic mass is 10.1. The third-order valence-corrected chi connectivity index (χ3v) is 2.71. The fourth-order valence-corrected chi connectivity index (χ4v) is 1.78. The van der Waals surface area contributed by atoms with Gasteiger partial charge in [0.2, 0.25) is 0 Å². The van der Waals surface area contributed by atoms with Crippen molar-refractivity contribution in [3.8, 4) is 0 Å². The van der Waals surface area contributed by atoms with Crippen molar-refractivity contribution in [2.24, 2.45) is 5.92 Å². The maximum absolute atomic E-state index is 5.63. The Balaban J connectivity index is 1.77. The standard InChI is InChI=1S/C12H23NO/c1-2-3-4-5-6-9-14-11-12-7-8-13-10-12/h2,12-13H,1,3-11H2. The Morgan fingerprint density at radius 3 is 3.00 bits per heavy atom. The molecular weight excluding hydrogens is 174 g/mol. The van der Waals surface area contributed by atoms with Gasteiger partial charge in [-0.15, -0.1) is 6.58 Å².